The summed E-state index contributed by atoms with van der Waals surface area (Å²) >= 11 is 0. The lowest BCUT2D eigenvalue weighted by Crippen LogP contribution is -2.45. The fourth-order valence-electron chi connectivity index (χ4n) is 2.18. The average molecular weight is 243 g/mol. The Hall–Kier alpha value is -0.610. The lowest BCUT2D eigenvalue weighted by Gasteiger charge is -2.35. The highest BCUT2D eigenvalue weighted by Crippen LogP contribution is 2.21. The molecule has 1 saturated heterocycles. The van der Waals surface area contributed by atoms with Crippen molar-refractivity contribution in [2.24, 2.45) is 5.92 Å². The van der Waals surface area contributed by atoms with Crippen LogP contribution in [0.5, 0.6) is 0 Å². The Bertz CT molecular complexity index is 245. The Kier molecular flexibility index (Phi) is 5.40. The van der Waals surface area contributed by atoms with E-state index in [1.165, 1.54) is 0 Å². The molecule has 0 aromatic heterocycles. The number of nitrogens with zero attached hydrogens (tertiary/aromatic N) is 1. The fraction of sp³-hybridized carbons (Fsp3) is 0.923. The third-order valence-corrected chi connectivity index (χ3v) is 3.53. The molecule has 1 heterocycles. The third kappa shape index (κ3) is 4.64. The second kappa shape index (κ2) is 6.36. The second-order valence-corrected chi connectivity index (χ2v) is 5.15. The van der Waals surface area contributed by atoms with Gasteiger partial charge in [0.15, 0.2) is 0 Å². The van der Waals surface area contributed by atoms with Gasteiger partial charge in [-0.05, 0) is 46.2 Å². The normalized spacial score (nSPS) is 22.1. The zero-order valence-electron chi connectivity index (χ0n) is 11.2. The molecule has 0 amide bonds. The number of likely N-dealkylation sites (tertiary alicyclic amines) is 1. The van der Waals surface area contributed by atoms with Gasteiger partial charge in [-0.25, -0.2) is 0 Å². The number of rotatable bonds is 5. The van der Waals surface area contributed by atoms with Crippen LogP contribution in [0.15, 0.2) is 0 Å². The predicted octanol–water partition coefficient (Wildman–Crippen LogP) is 1.42. The van der Waals surface area contributed by atoms with Crippen LogP contribution in [0.1, 0.15) is 40.0 Å². The summed E-state index contributed by atoms with van der Waals surface area (Å²) in [6, 6.07) is 0. The number of hydrogen-bond donors (Lipinski definition) is 1. The molecule has 1 rings (SSSR count). The van der Waals surface area contributed by atoms with Gasteiger partial charge in [0.25, 0.3) is 0 Å². The SMILES string of the molecule is CCOC(=O)C1CCN(CC(C)(O)CC)CC1. The van der Waals surface area contributed by atoms with E-state index in [4.69, 9.17) is 4.74 Å². The summed E-state index contributed by atoms with van der Waals surface area (Å²) in [4.78, 5) is 13.8. The number of hydrogen-bond acceptors (Lipinski definition) is 4. The summed E-state index contributed by atoms with van der Waals surface area (Å²) in [5.74, 6) is -0.00724. The molecule has 1 fully saturated rings. The molecule has 1 unspecified atom stereocenters. The average Bonchev–Trinajstić information content (AvgIpc) is 2.30. The minimum absolute atomic E-state index is 0.0535. The Balaban J connectivity index is 2.33. The number of carbonyl (C=O) groups excluding carboxylic acids is 1. The minimum Gasteiger partial charge on any atom is -0.466 e. The van der Waals surface area contributed by atoms with Gasteiger partial charge >= 0.3 is 5.97 Å². The van der Waals surface area contributed by atoms with E-state index >= 15 is 0 Å². The summed E-state index contributed by atoms with van der Waals surface area (Å²) in [5.41, 5.74) is -0.614. The van der Waals surface area contributed by atoms with E-state index in [1.54, 1.807) is 0 Å². The first-order chi connectivity index (χ1) is 7.98. The molecule has 0 spiro atoms. The molecule has 1 aliphatic rings. The molecule has 0 aliphatic carbocycles. The molecule has 100 valence electrons. The molecular formula is C13H25NO3. The van der Waals surface area contributed by atoms with Crippen molar-refractivity contribution in [3.05, 3.63) is 0 Å². The van der Waals surface area contributed by atoms with Crippen LogP contribution >= 0.6 is 0 Å². The molecule has 0 radical (unpaired) electrons. The van der Waals surface area contributed by atoms with Gasteiger partial charge in [0.05, 0.1) is 18.1 Å². The van der Waals surface area contributed by atoms with Crippen molar-refractivity contribution in [1.29, 1.82) is 0 Å². The Labute approximate surface area is 104 Å². The van der Waals surface area contributed by atoms with Crippen LogP contribution < -0.4 is 0 Å². The Morgan fingerprint density at radius 3 is 2.47 bits per heavy atom. The van der Waals surface area contributed by atoms with E-state index in [0.717, 1.165) is 32.4 Å². The molecule has 1 atom stereocenters. The number of esters is 1. The van der Waals surface area contributed by atoms with Gasteiger partial charge in [-0.3, -0.25) is 4.79 Å². The van der Waals surface area contributed by atoms with Gasteiger partial charge in [-0.1, -0.05) is 6.92 Å². The maximum absolute atomic E-state index is 11.6. The first kappa shape index (κ1) is 14.5. The highest BCUT2D eigenvalue weighted by Gasteiger charge is 2.29. The van der Waals surface area contributed by atoms with Gasteiger partial charge in [-0.15, -0.1) is 0 Å². The zero-order valence-corrected chi connectivity index (χ0v) is 11.2. The number of aliphatic hydroxyl groups is 1. The molecule has 0 saturated carbocycles. The number of ether oxygens (including phenoxy) is 1. The first-order valence-electron chi connectivity index (χ1n) is 6.60. The number of β-amino-alcohol motifs (C(OH)–C–C–N with tert-alkyl or cyclic N) is 1. The zero-order chi connectivity index (χ0) is 12.9. The fourth-order valence-corrected chi connectivity index (χ4v) is 2.18. The van der Waals surface area contributed by atoms with Crippen LogP contribution in [0.25, 0.3) is 0 Å². The second-order valence-electron chi connectivity index (χ2n) is 5.15. The maximum atomic E-state index is 11.6. The van der Waals surface area contributed by atoms with E-state index in [2.05, 4.69) is 4.90 Å². The highest BCUT2D eigenvalue weighted by atomic mass is 16.5. The van der Waals surface area contributed by atoms with E-state index < -0.39 is 5.60 Å². The lowest BCUT2D eigenvalue weighted by molar-refractivity contribution is -0.149. The molecule has 4 heteroatoms. The third-order valence-electron chi connectivity index (χ3n) is 3.53. The van der Waals surface area contributed by atoms with Crippen molar-refractivity contribution in [1.82, 2.24) is 4.90 Å². The van der Waals surface area contributed by atoms with Crippen LogP contribution in [0, 0.1) is 5.92 Å². The topological polar surface area (TPSA) is 49.8 Å². The molecule has 0 bridgehead atoms. The van der Waals surface area contributed by atoms with Crippen LogP contribution in [0.2, 0.25) is 0 Å². The summed E-state index contributed by atoms with van der Waals surface area (Å²) in [6.07, 6.45) is 2.45. The smallest absolute Gasteiger partial charge is 0.309 e. The predicted molar refractivity (Wildman–Crippen MR) is 66.7 cm³/mol. The van der Waals surface area contributed by atoms with Crippen LogP contribution in [-0.4, -0.2) is 47.8 Å². The van der Waals surface area contributed by atoms with E-state index in [-0.39, 0.29) is 11.9 Å². The van der Waals surface area contributed by atoms with E-state index in [9.17, 15) is 9.90 Å². The van der Waals surface area contributed by atoms with Crippen molar-refractivity contribution in [2.75, 3.05) is 26.2 Å². The lowest BCUT2D eigenvalue weighted by atomic mass is 9.95. The van der Waals surface area contributed by atoms with Crippen molar-refractivity contribution >= 4 is 5.97 Å². The van der Waals surface area contributed by atoms with Gasteiger partial charge < -0.3 is 14.7 Å². The van der Waals surface area contributed by atoms with Crippen molar-refractivity contribution in [3.8, 4) is 0 Å². The summed E-state index contributed by atoms with van der Waals surface area (Å²) in [5, 5.41) is 10.0. The largest absolute Gasteiger partial charge is 0.466 e. The molecule has 0 aromatic rings. The molecule has 17 heavy (non-hydrogen) atoms. The van der Waals surface area contributed by atoms with Crippen LogP contribution in [-0.2, 0) is 9.53 Å². The van der Waals surface area contributed by atoms with Gasteiger partial charge in [0.2, 0.25) is 0 Å². The van der Waals surface area contributed by atoms with E-state index in [0.29, 0.717) is 13.2 Å². The molecule has 0 aromatic carbocycles. The molecular weight excluding hydrogens is 218 g/mol. The molecule has 4 nitrogen and oxygen atoms in total. The van der Waals surface area contributed by atoms with Crippen molar-refractivity contribution in [3.63, 3.8) is 0 Å². The van der Waals surface area contributed by atoms with Crippen LogP contribution in [0.4, 0.5) is 0 Å². The Morgan fingerprint density at radius 2 is 2.00 bits per heavy atom. The quantitative estimate of drug-likeness (QED) is 0.742. The Morgan fingerprint density at radius 1 is 1.41 bits per heavy atom. The first-order valence-corrected chi connectivity index (χ1v) is 6.60. The summed E-state index contributed by atoms with van der Waals surface area (Å²) in [7, 11) is 0. The summed E-state index contributed by atoms with van der Waals surface area (Å²) in [6.45, 7) is 8.60. The standard InChI is InChI=1S/C13H25NO3/c1-4-13(3,16)10-14-8-6-11(7-9-14)12(15)17-5-2/h11,16H,4-10H2,1-3H3. The molecule has 1 N–H and O–H groups in total. The monoisotopic (exact) mass is 243 g/mol. The maximum Gasteiger partial charge on any atom is 0.309 e. The van der Waals surface area contributed by atoms with Crippen LogP contribution in [0.3, 0.4) is 0 Å². The minimum atomic E-state index is -0.614. The highest BCUT2D eigenvalue weighted by molar-refractivity contribution is 5.72. The van der Waals surface area contributed by atoms with Gasteiger partial charge in [-0.2, -0.15) is 0 Å². The summed E-state index contributed by atoms with van der Waals surface area (Å²) < 4.78 is 5.03. The molecule has 1 aliphatic heterocycles. The van der Waals surface area contributed by atoms with Crippen molar-refractivity contribution < 1.29 is 14.6 Å². The number of piperidine rings is 1. The van der Waals surface area contributed by atoms with Crippen molar-refractivity contribution in [2.45, 2.75) is 45.6 Å². The van der Waals surface area contributed by atoms with E-state index in [1.807, 2.05) is 20.8 Å². The van der Waals surface area contributed by atoms with Gasteiger partial charge in [0.1, 0.15) is 0 Å². The number of carbonyl (C=O) groups is 1. The van der Waals surface area contributed by atoms with Gasteiger partial charge in [0, 0.05) is 6.54 Å².